The van der Waals surface area contributed by atoms with E-state index in [0.29, 0.717) is 21.3 Å². The van der Waals surface area contributed by atoms with Crippen LogP contribution in [0.2, 0.25) is 10.0 Å². The van der Waals surface area contributed by atoms with Crippen LogP contribution < -0.4 is 0 Å². The minimum Gasteiger partial charge on any atom is -0.477 e. The Hall–Kier alpha value is -2.01. The van der Waals surface area contributed by atoms with Gasteiger partial charge in [-0.25, -0.2) is 4.79 Å². The van der Waals surface area contributed by atoms with E-state index in [0.717, 1.165) is 16.7 Å². The average molecular weight is 412 g/mol. The third-order valence-corrected chi connectivity index (χ3v) is 4.96. The molecule has 4 nitrogen and oxygen atoms in total. The molecule has 0 radical (unpaired) electrons. The van der Waals surface area contributed by atoms with E-state index in [-0.39, 0.29) is 24.0 Å². The number of hydrogen-bond donors (Lipinski definition) is 2. The lowest BCUT2D eigenvalue weighted by molar-refractivity contribution is 0.0689. The van der Waals surface area contributed by atoms with E-state index in [1.54, 1.807) is 12.1 Å². The topological polar surface area (TPSA) is 66.0 Å². The van der Waals surface area contributed by atoms with E-state index in [1.807, 2.05) is 44.2 Å². The average Bonchev–Trinajstić information content (AvgIpc) is 3.02. The molecule has 3 aromatic rings. The number of carboxylic acids is 1. The second-order valence-electron chi connectivity index (χ2n) is 5.93. The summed E-state index contributed by atoms with van der Waals surface area (Å²) in [6, 6.07) is 13.1. The molecule has 0 bridgehead atoms. The molecule has 0 aliphatic rings. The van der Waals surface area contributed by atoms with Gasteiger partial charge in [0.05, 0.1) is 15.7 Å². The van der Waals surface area contributed by atoms with E-state index in [9.17, 15) is 9.90 Å². The number of carboxylic acid groups (broad SMARTS) is 1. The van der Waals surface area contributed by atoms with Crippen molar-refractivity contribution in [3.63, 3.8) is 0 Å². The second kappa shape index (κ2) is 8.12. The lowest BCUT2D eigenvalue weighted by atomic mass is 9.89. The highest BCUT2D eigenvalue weighted by Gasteiger charge is 2.25. The SMILES string of the molecule is Cc1ccc(-c2n[nH]c(C(=O)O)c2C(C)c2ccc(Cl)c(Cl)c2)cc1.Cl. The van der Waals surface area contributed by atoms with Crippen LogP contribution in [0.15, 0.2) is 42.5 Å². The molecule has 0 spiro atoms. The van der Waals surface area contributed by atoms with Crippen LogP contribution in [0.3, 0.4) is 0 Å². The highest BCUT2D eigenvalue weighted by Crippen LogP contribution is 2.36. The van der Waals surface area contributed by atoms with Gasteiger partial charge >= 0.3 is 5.97 Å². The number of aryl methyl sites for hydroxylation is 1. The molecule has 0 fully saturated rings. The Morgan fingerprint density at radius 2 is 1.77 bits per heavy atom. The molecule has 0 aliphatic carbocycles. The summed E-state index contributed by atoms with van der Waals surface area (Å²) in [5.74, 6) is -1.27. The lowest BCUT2D eigenvalue weighted by Gasteiger charge is -2.15. The predicted molar refractivity (Wildman–Crippen MR) is 107 cm³/mol. The Kier molecular flexibility index (Phi) is 6.34. The fraction of sp³-hybridized carbons (Fsp3) is 0.158. The molecule has 2 aromatic carbocycles. The van der Waals surface area contributed by atoms with Crippen LogP contribution >= 0.6 is 35.6 Å². The molecule has 1 unspecified atom stereocenters. The van der Waals surface area contributed by atoms with Gasteiger partial charge in [0.2, 0.25) is 0 Å². The van der Waals surface area contributed by atoms with Crippen LogP contribution in [0.1, 0.15) is 40.0 Å². The van der Waals surface area contributed by atoms with Gasteiger partial charge in [-0.1, -0.05) is 66.0 Å². The molecule has 7 heteroatoms. The Morgan fingerprint density at radius 3 is 2.35 bits per heavy atom. The van der Waals surface area contributed by atoms with Crippen molar-refractivity contribution in [3.8, 4) is 11.3 Å². The summed E-state index contributed by atoms with van der Waals surface area (Å²) in [5.41, 5.74) is 4.17. The number of aromatic carboxylic acids is 1. The molecule has 2 N–H and O–H groups in total. The smallest absolute Gasteiger partial charge is 0.354 e. The minimum atomic E-state index is -1.05. The summed E-state index contributed by atoms with van der Waals surface area (Å²) >= 11 is 12.1. The van der Waals surface area contributed by atoms with Crippen molar-refractivity contribution in [3.05, 3.63) is 74.9 Å². The van der Waals surface area contributed by atoms with Crippen molar-refractivity contribution in [2.75, 3.05) is 0 Å². The molecular weight excluding hydrogens is 395 g/mol. The van der Waals surface area contributed by atoms with Gasteiger partial charge in [0, 0.05) is 17.0 Å². The van der Waals surface area contributed by atoms with Gasteiger partial charge in [0.1, 0.15) is 5.69 Å². The highest BCUT2D eigenvalue weighted by atomic mass is 35.5. The first-order valence-corrected chi connectivity index (χ1v) is 8.47. The number of carbonyl (C=O) groups is 1. The molecule has 136 valence electrons. The zero-order chi connectivity index (χ0) is 18.1. The number of H-pyrrole nitrogens is 1. The maximum Gasteiger partial charge on any atom is 0.354 e. The van der Waals surface area contributed by atoms with Crippen LogP contribution in [0, 0.1) is 6.92 Å². The summed E-state index contributed by atoms with van der Waals surface area (Å²) in [5, 5.41) is 17.4. The molecule has 1 aromatic heterocycles. The number of hydrogen-bond acceptors (Lipinski definition) is 2. The van der Waals surface area contributed by atoms with Crippen molar-refractivity contribution >= 4 is 41.6 Å². The molecule has 0 saturated carbocycles. The quantitative estimate of drug-likeness (QED) is 0.556. The molecule has 3 rings (SSSR count). The van der Waals surface area contributed by atoms with Gasteiger partial charge in [-0.2, -0.15) is 5.10 Å². The highest BCUT2D eigenvalue weighted by molar-refractivity contribution is 6.42. The van der Waals surface area contributed by atoms with Crippen molar-refractivity contribution in [2.45, 2.75) is 19.8 Å². The minimum absolute atomic E-state index is 0. The molecule has 0 saturated heterocycles. The van der Waals surface area contributed by atoms with Crippen LogP contribution in [0.5, 0.6) is 0 Å². The van der Waals surface area contributed by atoms with E-state index >= 15 is 0 Å². The standard InChI is InChI=1S/C19H16Cl2N2O2.ClH/c1-10-3-5-12(6-4-10)17-16(18(19(24)25)23-22-17)11(2)13-7-8-14(20)15(21)9-13;/h3-9,11H,1-2H3,(H,22,23)(H,24,25);1H. The van der Waals surface area contributed by atoms with Crippen molar-refractivity contribution < 1.29 is 9.90 Å². The molecule has 1 heterocycles. The summed E-state index contributed by atoms with van der Waals surface area (Å²) in [6.45, 7) is 3.92. The van der Waals surface area contributed by atoms with E-state index in [2.05, 4.69) is 10.2 Å². The van der Waals surface area contributed by atoms with E-state index in [1.165, 1.54) is 0 Å². The zero-order valence-corrected chi connectivity index (χ0v) is 16.4. The van der Waals surface area contributed by atoms with Gasteiger partial charge in [0.15, 0.2) is 0 Å². The second-order valence-corrected chi connectivity index (χ2v) is 6.74. The van der Waals surface area contributed by atoms with E-state index < -0.39 is 5.97 Å². The van der Waals surface area contributed by atoms with Gasteiger partial charge in [-0.15, -0.1) is 12.4 Å². The number of halogens is 3. The molecule has 1 atom stereocenters. The number of nitrogens with one attached hydrogen (secondary N) is 1. The Bertz CT molecular complexity index is 936. The number of nitrogens with zero attached hydrogens (tertiary/aromatic N) is 1. The number of aromatic amines is 1. The van der Waals surface area contributed by atoms with E-state index in [4.69, 9.17) is 23.2 Å². The number of aromatic nitrogens is 2. The molecule has 0 aliphatic heterocycles. The maximum absolute atomic E-state index is 11.7. The fourth-order valence-electron chi connectivity index (χ4n) is 2.82. The Morgan fingerprint density at radius 1 is 1.12 bits per heavy atom. The monoisotopic (exact) mass is 410 g/mol. The number of benzene rings is 2. The maximum atomic E-state index is 11.7. The Balaban J connectivity index is 0.00000243. The summed E-state index contributed by atoms with van der Waals surface area (Å²) in [7, 11) is 0. The van der Waals surface area contributed by atoms with Crippen molar-refractivity contribution in [1.82, 2.24) is 10.2 Å². The van der Waals surface area contributed by atoms with Gasteiger partial charge in [0.25, 0.3) is 0 Å². The Labute approximate surface area is 167 Å². The molecular formula is C19H17Cl3N2O2. The predicted octanol–water partition coefficient (Wildman–Crippen LogP) is 5.96. The third-order valence-electron chi connectivity index (χ3n) is 4.22. The van der Waals surface area contributed by atoms with Gasteiger partial charge < -0.3 is 5.11 Å². The van der Waals surface area contributed by atoms with Crippen molar-refractivity contribution in [1.29, 1.82) is 0 Å². The molecule has 0 amide bonds. The van der Waals surface area contributed by atoms with Crippen LogP contribution in [-0.4, -0.2) is 21.3 Å². The zero-order valence-electron chi connectivity index (χ0n) is 14.1. The van der Waals surface area contributed by atoms with Crippen LogP contribution in [0.4, 0.5) is 0 Å². The molecule has 26 heavy (non-hydrogen) atoms. The summed E-state index contributed by atoms with van der Waals surface area (Å²) in [4.78, 5) is 11.7. The fourth-order valence-corrected chi connectivity index (χ4v) is 3.12. The first kappa shape index (κ1) is 20.3. The summed E-state index contributed by atoms with van der Waals surface area (Å²) in [6.07, 6.45) is 0. The summed E-state index contributed by atoms with van der Waals surface area (Å²) < 4.78 is 0. The first-order chi connectivity index (χ1) is 11.9. The van der Waals surface area contributed by atoms with Gasteiger partial charge in [-0.3, -0.25) is 5.10 Å². The lowest BCUT2D eigenvalue weighted by Crippen LogP contribution is -2.06. The number of rotatable bonds is 4. The largest absolute Gasteiger partial charge is 0.477 e. The third kappa shape index (κ3) is 3.88. The van der Waals surface area contributed by atoms with Crippen LogP contribution in [-0.2, 0) is 0 Å². The first-order valence-electron chi connectivity index (χ1n) is 7.72. The van der Waals surface area contributed by atoms with Crippen molar-refractivity contribution in [2.24, 2.45) is 0 Å². The van der Waals surface area contributed by atoms with Gasteiger partial charge in [-0.05, 0) is 24.6 Å². The normalized spacial score (nSPS) is 11.7. The van der Waals surface area contributed by atoms with Crippen LogP contribution in [0.25, 0.3) is 11.3 Å².